The van der Waals surface area contributed by atoms with Crippen LogP contribution in [-0.4, -0.2) is 79.1 Å². The lowest BCUT2D eigenvalue weighted by molar-refractivity contribution is -0.141. The molecular formula is C19H25N5O5. The van der Waals surface area contributed by atoms with E-state index in [2.05, 4.69) is 15.4 Å². The molecule has 0 bridgehead atoms. The van der Waals surface area contributed by atoms with Crippen molar-refractivity contribution in [3.05, 3.63) is 12.1 Å². The lowest BCUT2D eigenvalue weighted by Crippen LogP contribution is -2.51. The highest BCUT2D eigenvalue weighted by atomic mass is 16.5. The first-order chi connectivity index (χ1) is 14.1. The summed E-state index contributed by atoms with van der Waals surface area (Å²) in [6.45, 7) is 3.01. The molecule has 2 fully saturated rings. The number of carbonyl (C=O) groups excluding carboxylic acids is 1. The molecule has 2 aliphatic heterocycles. The topological polar surface area (TPSA) is 109 Å². The largest absolute Gasteiger partial charge is 0.493 e. The molecule has 0 spiro atoms. The summed E-state index contributed by atoms with van der Waals surface area (Å²) in [4.78, 5) is 25.5. The summed E-state index contributed by atoms with van der Waals surface area (Å²) in [7, 11) is 3.10. The van der Waals surface area contributed by atoms with Crippen molar-refractivity contribution >= 4 is 28.6 Å². The second-order valence-electron chi connectivity index (χ2n) is 7.02. The van der Waals surface area contributed by atoms with Crippen LogP contribution in [0.3, 0.4) is 0 Å². The van der Waals surface area contributed by atoms with Crippen molar-refractivity contribution in [3.63, 3.8) is 0 Å². The van der Waals surface area contributed by atoms with Gasteiger partial charge in [-0.3, -0.25) is 15.5 Å². The number of fused-ring (bicyclic) bond motifs is 1. The third kappa shape index (κ3) is 3.73. The van der Waals surface area contributed by atoms with E-state index < -0.39 is 0 Å². The maximum absolute atomic E-state index is 12.5. The van der Waals surface area contributed by atoms with Crippen LogP contribution in [0.15, 0.2) is 12.1 Å². The first-order valence-electron chi connectivity index (χ1n) is 9.64. The molecule has 1 amide bonds. The van der Waals surface area contributed by atoms with Gasteiger partial charge in [-0.25, -0.2) is 4.98 Å². The maximum atomic E-state index is 12.5. The van der Waals surface area contributed by atoms with Crippen molar-refractivity contribution in [1.82, 2.24) is 14.9 Å². The van der Waals surface area contributed by atoms with Gasteiger partial charge < -0.3 is 24.0 Å². The van der Waals surface area contributed by atoms with E-state index >= 15 is 0 Å². The van der Waals surface area contributed by atoms with E-state index in [1.807, 2.05) is 9.80 Å². The number of carbonyl (C=O) groups is 1. The molecule has 0 saturated carbocycles. The summed E-state index contributed by atoms with van der Waals surface area (Å²) < 4.78 is 16.2. The molecule has 3 heterocycles. The van der Waals surface area contributed by atoms with Crippen LogP contribution in [-0.2, 0) is 9.53 Å². The molecule has 1 aromatic heterocycles. The first kappa shape index (κ1) is 19.5. The number of aromatic nitrogens is 2. The SMILES string of the molecule is COc1cc2nc(N3CCN(C(=O)C4CCCO4)CC3)nc(NO)c2cc1OC. The molecule has 29 heavy (non-hydrogen) atoms. The van der Waals surface area contributed by atoms with Crippen molar-refractivity contribution < 1.29 is 24.2 Å². The number of benzene rings is 1. The second kappa shape index (κ2) is 8.26. The molecule has 10 nitrogen and oxygen atoms in total. The van der Waals surface area contributed by atoms with Gasteiger partial charge in [-0.05, 0) is 18.9 Å². The van der Waals surface area contributed by atoms with Crippen molar-refractivity contribution in [2.45, 2.75) is 18.9 Å². The average molecular weight is 403 g/mol. The van der Waals surface area contributed by atoms with Gasteiger partial charge in [0.05, 0.1) is 19.7 Å². The number of anilines is 2. The van der Waals surface area contributed by atoms with E-state index in [1.54, 1.807) is 26.4 Å². The molecule has 1 aromatic carbocycles. The number of amides is 1. The lowest BCUT2D eigenvalue weighted by Gasteiger charge is -2.35. The Kier molecular flexibility index (Phi) is 5.54. The zero-order chi connectivity index (χ0) is 20.4. The fourth-order valence-electron chi connectivity index (χ4n) is 3.77. The highest BCUT2D eigenvalue weighted by Gasteiger charge is 2.31. The summed E-state index contributed by atoms with van der Waals surface area (Å²) in [6.07, 6.45) is 1.43. The fraction of sp³-hybridized carbons (Fsp3) is 0.526. The van der Waals surface area contributed by atoms with Crippen molar-refractivity contribution in [2.75, 3.05) is 57.4 Å². The van der Waals surface area contributed by atoms with E-state index in [0.717, 1.165) is 12.8 Å². The number of hydrogen-bond acceptors (Lipinski definition) is 9. The number of hydrogen-bond donors (Lipinski definition) is 2. The minimum absolute atomic E-state index is 0.0659. The van der Waals surface area contributed by atoms with Gasteiger partial charge in [0.15, 0.2) is 17.3 Å². The van der Waals surface area contributed by atoms with E-state index in [-0.39, 0.29) is 17.8 Å². The second-order valence-corrected chi connectivity index (χ2v) is 7.02. The Balaban J connectivity index is 1.55. The summed E-state index contributed by atoms with van der Waals surface area (Å²) in [5.41, 5.74) is 2.76. The monoisotopic (exact) mass is 403 g/mol. The third-order valence-electron chi connectivity index (χ3n) is 5.37. The van der Waals surface area contributed by atoms with E-state index in [4.69, 9.17) is 14.2 Å². The molecule has 2 aromatic rings. The summed E-state index contributed by atoms with van der Waals surface area (Å²) in [5.74, 6) is 1.89. The molecule has 1 atom stereocenters. The molecular weight excluding hydrogens is 378 g/mol. The van der Waals surface area contributed by atoms with Crippen LogP contribution in [0.1, 0.15) is 12.8 Å². The van der Waals surface area contributed by atoms with Crippen LogP contribution in [0.25, 0.3) is 10.9 Å². The summed E-state index contributed by atoms with van der Waals surface area (Å²) in [6, 6.07) is 3.46. The van der Waals surface area contributed by atoms with Crippen molar-refractivity contribution in [2.24, 2.45) is 0 Å². The molecule has 1 unspecified atom stereocenters. The number of ether oxygens (including phenoxy) is 3. The number of piperazine rings is 1. The van der Waals surface area contributed by atoms with Gasteiger partial charge in [-0.2, -0.15) is 4.98 Å². The van der Waals surface area contributed by atoms with Gasteiger partial charge in [-0.15, -0.1) is 0 Å². The van der Waals surface area contributed by atoms with Gasteiger partial charge in [0.1, 0.15) is 6.10 Å². The molecule has 2 aliphatic rings. The number of nitrogens with zero attached hydrogens (tertiary/aromatic N) is 4. The van der Waals surface area contributed by atoms with Crippen LogP contribution in [0.2, 0.25) is 0 Å². The Bertz CT molecular complexity index is 894. The van der Waals surface area contributed by atoms with Gasteiger partial charge in [-0.1, -0.05) is 0 Å². The summed E-state index contributed by atoms with van der Waals surface area (Å²) >= 11 is 0. The smallest absolute Gasteiger partial charge is 0.251 e. The standard InChI is InChI=1S/C19H25N5O5/c1-27-15-10-12-13(11-16(15)28-2)20-19(21-17(12)22-26)24-7-5-23(6-8-24)18(25)14-4-3-9-29-14/h10-11,14,26H,3-9H2,1-2H3,(H,20,21,22). The van der Waals surface area contributed by atoms with Crippen LogP contribution in [0, 0.1) is 0 Å². The predicted octanol–water partition coefficient (Wildman–Crippen LogP) is 1.28. The Morgan fingerprint density at radius 2 is 1.90 bits per heavy atom. The Morgan fingerprint density at radius 1 is 1.17 bits per heavy atom. The van der Waals surface area contributed by atoms with E-state index in [9.17, 15) is 10.0 Å². The lowest BCUT2D eigenvalue weighted by atomic mass is 10.2. The Morgan fingerprint density at radius 3 is 2.52 bits per heavy atom. The van der Waals surface area contributed by atoms with Gasteiger partial charge in [0, 0.05) is 44.2 Å². The maximum Gasteiger partial charge on any atom is 0.251 e. The quantitative estimate of drug-likeness (QED) is 0.713. The fourth-order valence-corrected chi connectivity index (χ4v) is 3.77. The van der Waals surface area contributed by atoms with E-state index in [0.29, 0.717) is 61.1 Å². The first-order valence-corrected chi connectivity index (χ1v) is 9.64. The minimum atomic E-state index is -0.300. The molecule has 2 saturated heterocycles. The highest BCUT2D eigenvalue weighted by molar-refractivity contribution is 5.92. The molecule has 156 valence electrons. The molecule has 0 radical (unpaired) electrons. The minimum Gasteiger partial charge on any atom is -0.493 e. The number of nitrogens with one attached hydrogen (secondary N) is 1. The van der Waals surface area contributed by atoms with Crippen LogP contribution < -0.4 is 19.9 Å². The number of methoxy groups -OCH3 is 2. The zero-order valence-corrected chi connectivity index (χ0v) is 16.6. The zero-order valence-electron chi connectivity index (χ0n) is 16.6. The molecule has 0 aliphatic carbocycles. The van der Waals surface area contributed by atoms with Gasteiger partial charge >= 0.3 is 0 Å². The van der Waals surface area contributed by atoms with Crippen LogP contribution >= 0.6 is 0 Å². The van der Waals surface area contributed by atoms with Crippen molar-refractivity contribution in [3.8, 4) is 11.5 Å². The van der Waals surface area contributed by atoms with Crippen LogP contribution in [0.5, 0.6) is 11.5 Å². The molecule has 4 rings (SSSR count). The van der Waals surface area contributed by atoms with Gasteiger partial charge in [0.25, 0.3) is 5.91 Å². The normalized spacial score (nSPS) is 19.5. The number of rotatable bonds is 5. The van der Waals surface area contributed by atoms with Crippen molar-refractivity contribution in [1.29, 1.82) is 0 Å². The predicted molar refractivity (Wildman–Crippen MR) is 106 cm³/mol. The highest BCUT2D eigenvalue weighted by Crippen LogP contribution is 2.35. The van der Waals surface area contributed by atoms with Crippen LogP contribution in [0.4, 0.5) is 11.8 Å². The van der Waals surface area contributed by atoms with E-state index in [1.165, 1.54) is 0 Å². The molecule has 2 N–H and O–H groups in total. The molecule has 10 heteroatoms. The third-order valence-corrected chi connectivity index (χ3v) is 5.37. The van der Waals surface area contributed by atoms with Gasteiger partial charge in [0.2, 0.25) is 5.95 Å². The Labute approximate surface area is 168 Å². The summed E-state index contributed by atoms with van der Waals surface area (Å²) in [5, 5.41) is 10.2. The Hall–Kier alpha value is -2.85. The average Bonchev–Trinajstić information content (AvgIpc) is 3.31.